The molecular weight excluding hydrogens is 404 g/mol. The predicted octanol–water partition coefficient (Wildman–Crippen LogP) is 5.18. The molecule has 0 aliphatic carbocycles. The molecule has 1 amide bonds. The van der Waals surface area contributed by atoms with Crippen LogP contribution in [0.3, 0.4) is 0 Å². The molecule has 0 spiro atoms. The first-order valence-corrected chi connectivity index (χ1v) is 8.97. The molecular formula is C14H16Br2N2OS. The lowest BCUT2D eigenvalue weighted by Gasteiger charge is -2.06. The topological polar surface area (TPSA) is 42.0 Å². The predicted molar refractivity (Wildman–Crippen MR) is 93.0 cm³/mol. The molecule has 3 nitrogen and oxygen atoms in total. The molecule has 1 unspecified atom stereocenters. The Labute approximate surface area is 139 Å². The van der Waals surface area contributed by atoms with Crippen molar-refractivity contribution in [2.45, 2.75) is 38.4 Å². The number of alkyl halides is 1. The molecule has 0 saturated carbocycles. The monoisotopic (exact) mass is 418 g/mol. The van der Waals surface area contributed by atoms with Gasteiger partial charge in [-0.05, 0) is 53.4 Å². The van der Waals surface area contributed by atoms with Gasteiger partial charge in [0.15, 0.2) is 5.13 Å². The molecule has 1 N–H and O–H groups in total. The maximum absolute atomic E-state index is 12.0. The van der Waals surface area contributed by atoms with Crippen molar-refractivity contribution in [3.63, 3.8) is 0 Å². The van der Waals surface area contributed by atoms with E-state index < -0.39 is 0 Å². The number of benzene rings is 1. The van der Waals surface area contributed by atoms with Crippen LogP contribution in [0.25, 0.3) is 10.2 Å². The summed E-state index contributed by atoms with van der Waals surface area (Å²) < 4.78 is 2.09. The summed E-state index contributed by atoms with van der Waals surface area (Å²) in [6.45, 7) is 6.22. The second kappa shape index (κ2) is 6.54. The quantitative estimate of drug-likeness (QED) is 0.693. The summed E-state index contributed by atoms with van der Waals surface area (Å²) in [7, 11) is 0. The third-order valence-electron chi connectivity index (χ3n) is 3.19. The van der Waals surface area contributed by atoms with Crippen molar-refractivity contribution in [1.82, 2.24) is 4.98 Å². The Morgan fingerprint density at radius 2 is 2.20 bits per heavy atom. The minimum atomic E-state index is -0.161. The van der Waals surface area contributed by atoms with Crippen molar-refractivity contribution < 1.29 is 4.79 Å². The molecule has 0 fully saturated rings. The van der Waals surface area contributed by atoms with Crippen LogP contribution in [-0.4, -0.2) is 15.7 Å². The van der Waals surface area contributed by atoms with Gasteiger partial charge in [0, 0.05) is 4.47 Å². The average molecular weight is 420 g/mol. The third kappa shape index (κ3) is 3.23. The highest BCUT2D eigenvalue weighted by Crippen LogP contribution is 2.35. The summed E-state index contributed by atoms with van der Waals surface area (Å²) in [6, 6.07) is 2.06. The molecule has 1 heterocycles. The number of nitrogens with one attached hydrogen (secondary N) is 1. The van der Waals surface area contributed by atoms with Crippen LogP contribution in [0, 0.1) is 13.8 Å². The van der Waals surface area contributed by atoms with Gasteiger partial charge in [-0.2, -0.15) is 0 Å². The van der Waals surface area contributed by atoms with E-state index in [1.54, 1.807) is 0 Å². The van der Waals surface area contributed by atoms with Crippen molar-refractivity contribution in [2.75, 3.05) is 5.32 Å². The van der Waals surface area contributed by atoms with Crippen LogP contribution in [0.5, 0.6) is 0 Å². The van der Waals surface area contributed by atoms with Crippen molar-refractivity contribution in [3.05, 3.63) is 21.7 Å². The lowest BCUT2D eigenvalue weighted by molar-refractivity contribution is -0.115. The van der Waals surface area contributed by atoms with E-state index in [2.05, 4.69) is 69.0 Å². The second-order valence-electron chi connectivity index (χ2n) is 4.74. The molecule has 20 heavy (non-hydrogen) atoms. The Morgan fingerprint density at radius 1 is 1.50 bits per heavy atom. The number of carbonyl (C=O) groups excluding carboxylic acids is 1. The molecule has 0 saturated heterocycles. The molecule has 6 heteroatoms. The molecule has 2 rings (SSSR count). The fourth-order valence-corrected chi connectivity index (χ4v) is 4.29. The van der Waals surface area contributed by atoms with Crippen LogP contribution in [0.4, 0.5) is 5.13 Å². The number of halogens is 2. The minimum absolute atomic E-state index is 0.0311. The van der Waals surface area contributed by atoms with Gasteiger partial charge in [0.25, 0.3) is 0 Å². The second-order valence-corrected chi connectivity index (χ2v) is 7.70. The van der Waals surface area contributed by atoms with E-state index in [0.717, 1.165) is 27.5 Å². The summed E-state index contributed by atoms with van der Waals surface area (Å²) in [5.74, 6) is -0.0311. The molecule has 0 aliphatic heterocycles. The highest BCUT2D eigenvalue weighted by atomic mass is 79.9. The number of aromatic nitrogens is 1. The number of hydrogen-bond donors (Lipinski definition) is 1. The van der Waals surface area contributed by atoms with E-state index in [9.17, 15) is 4.79 Å². The van der Waals surface area contributed by atoms with Crippen LogP contribution < -0.4 is 5.32 Å². The van der Waals surface area contributed by atoms with Gasteiger partial charge in [0.05, 0.1) is 15.0 Å². The van der Waals surface area contributed by atoms with Gasteiger partial charge >= 0.3 is 0 Å². The lowest BCUT2D eigenvalue weighted by atomic mass is 10.1. The molecule has 1 atom stereocenters. The van der Waals surface area contributed by atoms with E-state index in [4.69, 9.17) is 0 Å². The van der Waals surface area contributed by atoms with Gasteiger partial charge in [0.1, 0.15) is 0 Å². The number of anilines is 1. The van der Waals surface area contributed by atoms with Gasteiger partial charge in [-0.15, -0.1) is 0 Å². The number of aryl methyl sites for hydroxylation is 2. The smallest absolute Gasteiger partial charge is 0.239 e. The van der Waals surface area contributed by atoms with Crippen molar-refractivity contribution in [3.8, 4) is 0 Å². The van der Waals surface area contributed by atoms with Crippen LogP contribution >= 0.6 is 43.2 Å². The SMILES string of the molecule is CCCC(Br)C(=O)Nc1nc2c(Br)cc(C)c(C)c2s1. The largest absolute Gasteiger partial charge is 0.301 e. The van der Waals surface area contributed by atoms with E-state index >= 15 is 0 Å². The Morgan fingerprint density at radius 3 is 2.85 bits per heavy atom. The van der Waals surface area contributed by atoms with Crippen LogP contribution in [0.2, 0.25) is 0 Å². The first kappa shape index (κ1) is 15.9. The van der Waals surface area contributed by atoms with Crippen LogP contribution in [-0.2, 0) is 4.79 Å². The summed E-state index contributed by atoms with van der Waals surface area (Å²) in [5, 5.41) is 3.54. The Hall–Kier alpha value is -0.460. The highest BCUT2D eigenvalue weighted by Gasteiger charge is 2.17. The third-order valence-corrected chi connectivity index (χ3v) is 5.75. The summed E-state index contributed by atoms with van der Waals surface area (Å²) in [6.07, 6.45) is 1.78. The molecule has 2 aromatic rings. The summed E-state index contributed by atoms with van der Waals surface area (Å²) >= 11 is 8.46. The number of thiazole rings is 1. The maximum Gasteiger partial charge on any atom is 0.239 e. The molecule has 0 radical (unpaired) electrons. The fourth-order valence-electron chi connectivity index (χ4n) is 1.90. The first-order chi connectivity index (χ1) is 9.43. The van der Waals surface area contributed by atoms with Crippen LogP contribution in [0.15, 0.2) is 10.5 Å². The number of hydrogen-bond acceptors (Lipinski definition) is 3. The lowest BCUT2D eigenvalue weighted by Crippen LogP contribution is -2.22. The van der Waals surface area contributed by atoms with Crippen molar-refractivity contribution >= 4 is 64.5 Å². The fraction of sp³-hybridized carbons (Fsp3) is 0.429. The van der Waals surface area contributed by atoms with Crippen molar-refractivity contribution in [1.29, 1.82) is 0 Å². The molecule has 108 valence electrons. The maximum atomic E-state index is 12.0. The number of rotatable bonds is 4. The Kier molecular flexibility index (Phi) is 5.20. The van der Waals surface area contributed by atoms with Crippen molar-refractivity contribution in [2.24, 2.45) is 0 Å². The summed E-state index contributed by atoms with van der Waals surface area (Å²) in [4.78, 5) is 16.4. The van der Waals surface area contributed by atoms with Gasteiger partial charge < -0.3 is 5.32 Å². The minimum Gasteiger partial charge on any atom is -0.301 e. The van der Waals surface area contributed by atoms with E-state index in [0.29, 0.717) is 5.13 Å². The van der Waals surface area contributed by atoms with Gasteiger partial charge in [-0.3, -0.25) is 4.79 Å². The highest BCUT2D eigenvalue weighted by molar-refractivity contribution is 9.10. The molecule has 1 aromatic heterocycles. The average Bonchev–Trinajstić information content (AvgIpc) is 2.81. The van der Waals surface area contributed by atoms with Gasteiger partial charge in [-0.25, -0.2) is 4.98 Å². The standard InChI is InChI=1S/C14H16Br2N2OS/c1-4-5-9(15)13(19)18-14-17-11-10(16)6-7(2)8(3)12(11)20-14/h6,9H,4-5H2,1-3H3,(H,17,18,19). The van der Waals surface area contributed by atoms with E-state index in [-0.39, 0.29) is 10.7 Å². The first-order valence-electron chi connectivity index (χ1n) is 6.45. The number of fused-ring (bicyclic) bond motifs is 1. The number of amides is 1. The van der Waals surface area contributed by atoms with Crippen LogP contribution in [0.1, 0.15) is 30.9 Å². The Balaban J connectivity index is 2.31. The zero-order chi connectivity index (χ0) is 14.9. The normalized spacial score (nSPS) is 12.7. The number of nitrogens with zero attached hydrogens (tertiary/aromatic N) is 1. The molecule has 0 aliphatic rings. The van der Waals surface area contributed by atoms with E-state index in [1.807, 2.05) is 0 Å². The van der Waals surface area contributed by atoms with Gasteiger partial charge in [0.2, 0.25) is 5.91 Å². The van der Waals surface area contributed by atoms with Gasteiger partial charge in [-0.1, -0.05) is 40.6 Å². The summed E-state index contributed by atoms with van der Waals surface area (Å²) in [5.41, 5.74) is 3.34. The van der Waals surface area contributed by atoms with E-state index in [1.165, 1.54) is 22.5 Å². The zero-order valence-electron chi connectivity index (χ0n) is 11.6. The number of carbonyl (C=O) groups is 1. The molecule has 0 bridgehead atoms. The Bertz CT molecular complexity index is 654. The molecule has 1 aromatic carbocycles. The zero-order valence-corrected chi connectivity index (χ0v) is 15.6.